The summed E-state index contributed by atoms with van der Waals surface area (Å²) in [5, 5.41) is 0. The van der Waals surface area contributed by atoms with Gasteiger partial charge in [0.2, 0.25) is 0 Å². The molecule has 0 N–H and O–H groups in total. The van der Waals surface area contributed by atoms with Crippen LogP contribution in [0.1, 0.15) is 24.0 Å². The molecule has 1 aliphatic rings. The van der Waals surface area contributed by atoms with E-state index in [0.29, 0.717) is 6.01 Å². The van der Waals surface area contributed by atoms with Crippen molar-refractivity contribution in [1.82, 2.24) is 14.9 Å². The van der Waals surface area contributed by atoms with Crippen LogP contribution in [0.3, 0.4) is 0 Å². The van der Waals surface area contributed by atoms with Crippen LogP contribution in [0.5, 0.6) is 11.8 Å². The number of hydrogen-bond acceptors (Lipinski definition) is 5. The molecule has 25 heavy (non-hydrogen) atoms. The maximum absolute atomic E-state index is 12.2. The van der Waals surface area contributed by atoms with E-state index in [1.807, 2.05) is 19.1 Å². The average molecular weight is 349 g/mol. The van der Waals surface area contributed by atoms with Gasteiger partial charge in [0, 0.05) is 32.0 Å². The van der Waals surface area contributed by atoms with Crippen molar-refractivity contribution in [3.8, 4) is 11.8 Å². The molecule has 2 aromatic rings. The van der Waals surface area contributed by atoms with E-state index < -0.39 is 6.61 Å². The summed E-state index contributed by atoms with van der Waals surface area (Å²) in [7, 11) is 0. The minimum Gasteiger partial charge on any atom is -0.460 e. The third kappa shape index (κ3) is 5.35. The van der Waals surface area contributed by atoms with Gasteiger partial charge in [-0.3, -0.25) is 4.90 Å². The summed E-state index contributed by atoms with van der Waals surface area (Å²) in [6, 6.07) is 7.22. The average Bonchev–Trinajstić information content (AvgIpc) is 2.60. The predicted octanol–water partition coefficient (Wildman–Crippen LogP) is 3.43. The molecule has 3 rings (SSSR count). The maximum Gasteiger partial charge on any atom is 0.387 e. The number of aromatic nitrogens is 2. The molecule has 0 radical (unpaired) electrons. The number of aryl methyl sites for hydroxylation is 1. The number of ether oxygens (including phenoxy) is 2. The second kappa shape index (κ2) is 8.20. The molecule has 0 spiro atoms. The van der Waals surface area contributed by atoms with Crippen LogP contribution in [-0.4, -0.2) is 40.7 Å². The van der Waals surface area contributed by atoms with Gasteiger partial charge in [0.1, 0.15) is 11.9 Å². The normalized spacial score (nSPS) is 16.2. The van der Waals surface area contributed by atoms with Gasteiger partial charge in [0.15, 0.2) is 0 Å². The minimum atomic E-state index is -2.79. The monoisotopic (exact) mass is 349 g/mol. The molecule has 1 aliphatic heterocycles. The Hall–Kier alpha value is -2.28. The number of piperidine rings is 1. The number of likely N-dealkylation sites (tertiary alicyclic amines) is 1. The van der Waals surface area contributed by atoms with Gasteiger partial charge in [-0.25, -0.2) is 9.97 Å². The SMILES string of the molecule is Cc1cnc(OC2CCN(Cc3ccc(OC(F)F)cc3)CC2)nc1. The Labute approximate surface area is 145 Å². The Morgan fingerprint density at radius 1 is 1.12 bits per heavy atom. The fraction of sp³-hybridized carbons (Fsp3) is 0.444. The van der Waals surface area contributed by atoms with E-state index in [0.717, 1.165) is 43.6 Å². The largest absolute Gasteiger partial charge is 0.460 e. The Balaban J connectivity index is 1.45. The molecule has 0 unspecified atom stereocenters. The number of hydrogen-bond donors (Lipinski definition) is 0. The summed E-state index contributed by atoms with van der Waals surface area (Å²) in [6.45, 7) is 1.75. The zero-order valence-corrected chi connectivity index (χ0v) is 14.1. The van der Waals surface area contributed by atoms with Crippen molar-refractivity contribution in [3.05, 3.63) is 47.8 Å². The standard InChI is InChI=1S/C18H21F2N3O2/c1-13-10-21-18(22-11-13)25-16-6-8-23(9-7-16)12-14-2-4-15(5-3-14)24-17(19)20/h2-5,10-11,16-17H,6-9,12H2,1H3. The first kappa shape index (κ1) is 17.5. The highest BCUT2D eigenvalue weighted by molar-refractivity contribution is 5.27. The van der Waals surface area contributed by atoms with Crippen LogP contribution in [0.25, 0.3) is 0 Å². The van der Waals surface area contributed by atoms with Crippen molar-refractivity contribution < 1.29 is 18.3 Å². The molecule has 0 amide bonds. The lowest BCUT2D eigenvalue weighted by Gasteiger charge is -2.31. The highest BCUT2D eigenvalue weighted by atomic mass is 19.3. The first-order chi connectivity index (χ1) is 12.1. The Morgan fingerprint density at radius 2 is 1.76 bits per heavy atom. The molecule has 1 aromatic carbocycles. The Morgan fingerprint density at radius 3 is 2.36 bits per heavy atom. The van der Waals surface area contributed by atoms with Gasteiger partial charge in [0.05, 0.1) is 0 Å². The highest BCUT2D eigenvalue weighted by Crippen LogP contribution is 2.20. The lowest BCUT2D eigenvalue weighted by molar-refractivity contribution is -0.0498. The zero-order valence-electron chi connectivity index (χ0n) is 14.1. The quantitative estimate of drug-likeness (QED) is 0.800. The van der Waals surface area contributed by atoms with Gasteiger partial charge >= 0.3 is 12.6 Å². The maximum atomic E-state index is 12.2. The molecule has 1 fully saturated rings. The lowest BCUT2D eigenvalue weighted by Crippen LogP contribution is -2.38. The van der Waals surface area contributed by atoms with E-state index >= 15 is 0 Å². The van der Waals surface area contributed by atoms with E-state index in [4.69, 9.17) is 4.74 Å². The van der Waals surface area contributed by atoms with Gasteiger partial charge in [-0.15, -0.1) is 0 Å². The fourth-order valence-corrected chi connectivity index (χ4v) is 2.81. The summed E-state index contributed by atoms with van der Waals surface area (Å²) in [4.78, 5) is 10.7. The molecular weight excluding hydrogens is 328 g/mol. The van der Waals surface area contributed by atoms with E-state index in [9.17, 15) is 8.78 Å². The first-order valence-corrected chi connectivity index (χ1v) is 8.30. The number of nitrogens with zero attached hydrogens (tertiary/aromatic N) is 3. The molecule has 134 valence electrons. The summed E-state index contributed by atoms with van der Waals surface area (Å²) >= 11 is 0. The van der Waals surface area contributed by atoms with Crippen molar-refractivity contribution in [1.29, 1.82) is 0 Å². The van der Waals surface area contributed by atoms with Gasteiger partial charge in [-0.1, -0.05) is 12.1 Å². The van der Waals surface area contributed by atoms with Crippen molar-refractivity contribution in [2.45, 2.75) is 39.0 Å². The van der Waals surface area contributed by atoms with Crippen LogP contribution in [0.2, 0.25) is 0 Å². The predicted molar refractivity (Wildman–Crippen MR) is 88.8 cm³/mol. The molecule has 1 saturated heterocycles. The second-order valence-electron chi connectivity index (χ2n) is 6.16. The minimum absolute atomic E-state index is 0.126. The fourth-order valence-electron chi connectivity index (χ4n) is 2.81. The van der Waals surface area contributed by atoms with E-state index in [-0.39, 0.29) is 11.9 Å². The summed E-state index contributed by atoms with van der Waals surface area (Å²) < 4.78 is 34.5. The van der Waals surface area contributed by atoms with Gasteiger partial charge in [-0.2, -0.15) is 8.78 Å². The molecule has 0 aliphatic carbocycles. The third-order valence-electron chi connectivity index (χ3n) is 4.12. The summed E-state index contributed by atoms with van der Waals surface area (Å²) in [6.07, 6.45) is 5.44. The van der Waals surface area contributed by atoms with E-state index in [1.165, 1.54) is 0 Å². The molecule has 2 heterocycles. The molecule has 5 nitrogen and oxygen atoms in total. The van der Waals surface area contributed by atoms with Gasteiger partial charge < -0.3 is 9.47 Å². The molecule has 1 aromatic heterocycles. The first-order valence-electron chi connectivity index (χ1n) is 8.30. The number of rotatable bonds is 6. The zero-order chi connectivity index (χ0) is 17.6. The highest BCUT2D eigenvalue weighted by Gasteiger charge is 2.21. The van der Waals surface area contributed by atoms with Crippen LogP contribution < -0.4 is 9.47 Å². The topological polar surface area (TPSA) is 47.5 Å². The van der Waals surface area contributed by atoms with Crippen LogP contribution in [0.4, 0.5) is 8.78 Å². The number of halogens is 2. The van der Waals surface area contributed by atoms with E-state index in [2.05, 4.69) is 19.6 Å². The number of benzene rings is 1. The van der Waals surface area contributed by atoms with Gasteiger partial charge in [0.25, 0.3) is 0 Å². The van der Waals surface area contributed by atoms with Crippen molar-refractivity contribution in [2.24, 2.45) is 0 Å². The Bertz CT molecular complexity index is 657. The second-order valence-corrected chi connectivity index (χ2v) is 6.16. The van der Waals surface area contributed by atoms with Crippen molar-refractivity contribution >= 4 is 0 Å². The van der Waals surface area contributed by atoms with Crippen molar-refractivity contribution in [3.63, 3.8) is 0 Å². The lowest BCUT2D eigenvalue weighted by atomic mass is 10.1. The summed E-state index contributed by atoms with van der Waals surface area (Å²) in [5.74, 6) is 0.184. The third-order valence-corrected chi connectivity index (χ3v) is 4.12. The van der Waals surface area contributed by atoms with E-state index in [1.54, 1.807) is 24.5 Å². The van der Waals surface area contributed by atoms with Crippen LogP contribution >= 0.6 is 0 Å². The van der Waals surface area contributed by atoms with Crippen LogP contribution in [0, 0.1) is 6.92 Å². The molecule has 0 saturated carbocycles. The molecule has 7 heteroatoms. The molecule has 0 atom stereocenters. The smallest absolute Gasteiger partial charge is 0.387 e. The van der Waals surface area contributed by atoms with Gasteiger partial charge in [-0.05, 0) is 43.0 Å². The van der Waals surface area contributed by atoms with Crippen LogP contribution in [-0.2, 0) is 6.54 Å². The summed E-state index contributed by atoms with van der Waals surface area (Å²) in [5.41, 5.74) is 2.08. The molecular formula is C18H21F2N3O2. The van der Waals surface area contributed by atoms with Crippen molar-refractivity contribution in [2.75, 3.05) is 13.1 Å². The molecule has 0 bridgehead atoms. The van der Waals surface area contributed by atoms with Crippen LogP contribution in [0.15, 0.2) is 36.7 Å². The Kier molecular flexibility index (Phi) is 5.75. The number of alkyl halides is 2.